The molecule has 98 valence electrons. The third-order valence-electron chi connectivity index (χ3n) is 4.17. The van der Waals surface area contributed by atoms with Crippen molar-refractivity contribution in [1.29, 1.82) is 0 Å². The van der Waals surface area contributed by atoms with E-state index in [0.29, 0.717) is 12.3 Å². The van der Waals surface area contributed by atoms with Crippen molar-refractivity contribution in [2.75, 3.05) is 19.7 Å². The van der Waals surface area contributed by atoms with Crippen LogP contribution in [0.5, 0.6) is 0 Å². The zero-order valence-corrected chi connectivity index (χ0v) is 10.5. The number of hydrogen-bond donors (Lipinski definition) is 3. The van der Waals surface area contributed by atoms with Gasteiger partial charge in [-0.05, 0) is 44.7 Å². The first-order valence-electron chi connectivity index (χ1n) is 6.90. The molecule has 4 heteroatoms. The van der Waals surface area contributed by atoms with Gasteiger partial charge in [0.2, 0.25) is 5.91 Å². The number of piperidine rings is 1. The fourth-order valence-electron chi connectivity index (χ4n) is 3.06. The Morgan fingerprint density at radius 3 is 2.71 bits per heavy atom. The smallest absolute Gasteiger partial charge is 0.220 e. The zero-order valence-electron chi connectivity index (χ0n) is 10.5. The average Bonchev–Trinajstić information content (AvgIpc) is 2.77. The monoisotopic (exact) mass is 240 g/mol. The first kappa shape index (κ1) is 12.8. The number of hydrogen-bond acceptors (Lipinski definition) is 3. The van der Waals surface area contributed by atoms with Gasteiger partial charge in [-0.2, -0.15) is 0 Å². The van der Waals surface area contributed by atoms with Crippen LogP contribution < -0.4 is 10.6 Å². The molecule has 2 atom stereocenters. The minimum absolute atomic E-state index is 0.183. The summed E-state index contributed by atoms with van der Waals surface area (Å²) < 4.78 is 0. The van der Waals surface area contributed by atoms with E-state index in [1.807, 2.05) is 0 Å². The Bertz CT molecular complexity index is 252. The molecule has 0 aromatic carbocycles. The molecule has 0 bridgehead atoms. The van der Waals surface area contributed by atoms with E-state index in [9.17, 15) is 9.90 Å². The number of rotatable bonds is 4. The molecule has 1 heterocycles. The van der Waals surface area contributed by atoms with Crippen molar-refractivity contribution in [3.63, 3.8) is 0 Å². The number of carbonyl (C=O) groups excluding carboxylic acids is 1. The van der Waals surface area contributed by atoms with Gasteiger partial charge in [0.25, 0.3) is 0 Å². The second kappa shape index (κ2) is 6.36. The van der Waals surface area contributed by atoms with Gasteiger partial charge in [0.15, 0.2) is 0 Å². The average molecular weight is 240 g/mol. The Hall–Kier alpha value is -0.610. The Morgan fingerprint density at radius 2 is 2.00 bits per heavy atom. The maximum atomic E-state index is 11.9. The Kier molecular flexibility index (Phi) is 4.80. The lowest BCUT2D eigenvalue weighted by Crippen LogP contribution is -2.40. The molecule has 2 unspecified atom stereocenters. The minimum atomic E-state index is 0.183. The first-order valence-corrected chi connectivity index (χ1v) is 6.90. The fraction of sp³-hybridized carbons (Fsp3) is 0.923. The highest BCUT2D eigenvalue weighted by atomic mass is 16.3. The number of amides is 1. The van der Waals surface area contributed by atoms with Gasteiger partial charge in [-0.15, -0.1) is 0 Å². The van der Waals surface area contributed by atoms with Crippen molar-refractivity contribution in [2.24, 2.45) is 11.8 Å². The predicted molar refractivity (Wildman–Crippen MR) is 66.6 cm³/mol. The predicted octanol–water partition coefficient (Wildman–Crippen LogP) is 0.653. The maximum absolute atomic E-state index is 11.9. The van der Waals surface area contributed by atoms with Crippen LogP contribution in [0.25, 0.3) is 0 Å². The van der Waals surface area contributed by atoms with Crippen molar-refractivity contribution in [2.45, 2.75) is 44.6 Å². The molecule has 2 aliphatic rings. The molecule has 1 saturated heterocycles. The Labute approximate surface area is 103 Å². The summed E-state index contributed by atoms with van der Waals surface area (Å²) in [5.41, 5.74) is 0. The van der Waals surface area contributed by atoms with Gasteiger partial charge in [-0.3, -0.25) is 4.79 Å². The molecule has 1 amide bonds. The topological polar surface area (TPSA) is 61.4 Å². The van der Waals surface area contributed by atoms with Crippen LogP contribution in [0, 0.1) is 11.8 Å². The molecule has 0 aromatic rings. The molecule has 0 radical (unpaired) electrons. The van der Waals surface area contributed by atoms with Gasteiger partial charge in [0.05, 0.1) is 0 Å². The van der Waals surface area contributed by atoms with Crippen LogP contribution >= 0.6 is 0 Å². The molecule has 2 fully saturated rings. The summed E-state index contributed by atoms with van der Waals surface area (Å²) in [6.07, 6.45) is 6.10. The summed E-state index contributed by atoms with van der Waals surface area (Å²) >= 11 is 0. The molecule has 0 aromatic heterocycles. The van der Waals surface area contributed by atoms with Crippen molar-refractivity contribution in [1.82, 2.24) is 10.6 Å². The van der Waals surface area contributed by atoms with E-state index in [0.717, 1.165) is 45.2 Å². The third kappa shape index (κ3) is 3.68. The van der Waals surface area contributed by atoms with Crippen LogP contribution in [0.1, 0.15) is 38.5 Å². The molecule has 17 heavy (non-hydrogen) atoms. The van der Waals surface area contributed by atoms with Gasteiger partial charge in [0.1, 0.15) is 0 Å². The van der Waals surface area contributed by atoms with Crippen LogP contribution in [0.4, 0.5) is 0 Å². The van der Waals surface area contributed by atoms with Crippen molar-refractivity contribution < 1.29 is 9.90 Å². The van der Waals surface area contributed by atoms with E-state index >= 15 is 0 Å². The summed E-state index contributed by atoms with van der Waals surface area (Å²) in [7, 11) is 0. The van der Waals surface area contributed by atoms with Crippen LogP contribution in [0.3, 0.4) is 0 Å². The molecule has 4 nitrogen and oxygen atoms in total. The number of aliphatic hydroxyl groups is 1. The molecular weight excluding hydrogens is 216 g/mol. The van der Waals surface area contributed by atoms with E-state index in [4.69, 9.17) is 0 Å². The molecular formula is C13H24N2O2. The van der Waals surface area contributed by atoms with E-state index in [1.165, 1.54) is 0 Å². The molecule has 0 spiro atoms. The highest BCUT2D eigenvalue weighted by molar-refractivity contribution is 5.76. The summed E-state index contributed by atoms with van der Waals surface area (Å²) in [5.74, 6) is 1.01. The van der Waals surface area contributed by atoms with Gasteiger partial charge in [0, 0.05) is 25.0 Å². The standard InChI is InChI=1S/C13H24N2O2/c16-9-11-2-1-3-12(11)15-13(17)8-10-4-6-14-7-5-10/h10-12,14,16H,1-9H2,(H,15,17). The quantitative estimate of drug-likeness (QED) is 0.676. The number of nitrogens with one attached hydrogen (secondary N) is 2. The highest BCUT2D eigenvalue weighted by Gasteiger charge is 2.28. The zero-order chi connectivity index (χ0) is 12.1. The van der Waals surface area contributed by atoms with E-state index in [1.54, 1.807) is 0 Å². The summed E-state index contributed by atoms with van der Waals surface area (Å²) in [6.45, 7) is 2.29. The van der Waals surface area contributed by atoms with E-state index < -0.39 is 0 Å². The number of carbonyl (C=O) groups is 1. The lowest BCUT2D eigenvalue weighted by molar-refractivity contribution is -0.123. The van der Waals surface area contributed by atoms with Gasteiger partial charge in [-0.1, -0.05) is 6.42 Å². The van der Waals surface area contributed by atoms with E-state index in [2.05, 4.69) is 10.6 Å². The largest absolute Gasteiger partial charge is 0.396 e. The first-order chi connectivity index (χ1) is 8.29. The molecule has 1 saturated carbocycles. The van der Waals surface area contributed by atoms with Crippen LogP contribution in [-0.4, -0.2) is 36.8 Å². The summed E-state index contributed by atoms with van der Waals surface area (Å²) in [5, 5.41) is 15.6. The molecule has 3 N–H and O–H groups in total. The normalized spacial score (nSPS) is 30.4. The lowest BCUT2D eigenvalue weighted by atomic mass is 9.94. The van der Waals surface area contributed by atoms with Crippen molar-refractivity contribution in [3.05, 3.63) is 0 Å². The molecule has 1 aliphatic heterocycles. The highest BCUT2D eigenvalue weighted by Crippen LogP contribution is 2.25. The van der Waals surface area contributed by atoms with Crippen LogP contribution in [0.2, 0.25) is 0 Å². The number of aliphatic hydroxyl groups excluding tert-OH is 1. The maximum Gasteiger partial charge on any atom is 0.220 e. The SMILES string of the molecule is O=C(CC1CCNCC1)NC1CCCC1CO. The summed E-state index contributed by atoms with van der Waals surface area (Å²) in [4.78, 5) is 11.9. The summed E-state index contributed by atoms with van der Waals surface area (Å²) in [6, 6.07) is 0.217. The lowest BCUT2D eigenvalue weighted by Gasteiger charge is -2.24. The second-order valence-electron chi connectivity index (χ2n) is 5.45. The van der Waals surface area contributed by atoms with Crippen LogP contribution in [0.15, 0.2) is 0 Å². The van der Waals surface area contributed by atoms with E-state index in [-0.39, 0.29) is 24.5 Å². The second-order valence-corrected chi connectivity index (χ2v) is 5.45. The third-order valence-corrected chi connectivity index (χ3v) is 4.17. The Balaban J connectivity index is 1.72. The molecule has 1 aliphatic carbocycles. The fourth-order valence-corrected chi connectivity index (χ4v) is 3.06. The van der Waals surface area contributed by atoms with Crippen molar-refractivity contribution >= 4 is 5.91 Å². The van der Waals surface area contributed by atoms with Gasteiger partial charge in [-0.25, -0.2) is 0 Å². The van der Waals surface area contributed by atoms with Gasteiger partial charge >= 0.3 is 0 Å². The Morgan fingerprint density at radius 1 is 1.24 bits per heavy atom. The van der Waals surface area contributed by atoms with Gasteiger partial charge < -0.3 is 15.7 Å². The van der Waals surface area contributed by atoms with Crippen molar-refractivity contribution in [3.8, 4) is 0 Å². The molecule has 2 rings (SSSR count). The van der Waals surface area contributed by atoms with Crippen LogP contribution in [-0.2, 0) is 4.79 Å². The minimum Gasteiger partial charge on any atom is -0.396 e.